The summed E-state index contributed by atoms with van der Waals surface area (Å²) in [6, 6.07) is 0. The van der Waals surface area contributed by atoms with Crippen LogP contribution in [0.5, 0.6) is 0 Å². The third-order valence-corrected chi connectivity index (χ3v) is 2.12. The first-order valence-electron chi connectivity index (χ1n) is 2.99. The van der Waals surface area contributed by atoms with E-state index in [0.29, 0.717) is 0 Å². The molecule has 4 N–H and O–H groups in total. The molecule has 0 saturated heterocycles. The van der Waals surface area contributed by atoms with Crippen molar-refractivity contribution >= 4 is 58.0 Å². The first kappa shape index (κ1) is 29.8. The fourth-order valence-corrected chi connectivity index (χ4v) is 0. The first-order valence-corrected chi connectivity index (χ1v) is 6.15. The Hall–Kier alpha value is 1.000. The molecule has 0 saturated carbocycles. The number of hydrogen-bond donors (Lipinski definition) is 0. The molecule has 0 aliphatic heterocycles. The molecule has 0 aromatic carbocycles. The van der Waals surface area contributed by atoms with Gasteiger partial charge in [-0.25, -0.2) is 16.8 Å². The normalized spacial score (nSPS) is 9.33. The van der Waals surface area contributed by atoms with E-state index in [1.165, 1.54) is 13.8 Å². The van der Waals surface area contributed by atoms with Crippen molar-refractivity contribution in [2.45, 2.75) is 13.8 Å². The minimum absolute atomic E-state index is 0. The zero-order valence-electron chi connectivity index (χ0n) is 8.39. The van der Waals surface area contributed by atoms with Crippen molar-refractivity contribution in [1.82, 2.24) is 0 Å². The van der Waals surface area contributed by atoms with Gasteiger partial charge in [-0.2, -0.15) is 0 Å². The van der Waals surface area contributed by atoms with Crippen LogP contribution in [0.4, 0.5) is 0 Å². The molecule has 0 rings (SSSR count). The second-order valence-corrected chi connectivity index (χ2v) is 5.08. The molecule has 92 valence electrons. The average Bonchev–Trinajstić information content (AvgIpc) is 1.86. The Kier molecular flexibility index (Phi) is 25.9. The van der Waals surface area contributed by atoms with Gasteiger partial charge in [0.05, 0.1) is 20.2 Å². The molecular weight excluding hydrogens is 280 g/mol. The molecule has 0 aliphatic rings. The summed E-state index contributed by atoms with van der Waals surface area (Å²) >= 11 is 0. The molecule has 0 bridgehead atoms. The minimum atomic E-state index is -3.91. The molecule has 0 aliphatic carbocycles. The molecule has 0 unspecified atom stereocenters. The van der Waals surface area contributed by atoms with Crippen LogP contribution < -0.4 is 0 Å². The van der Waals surface area contributed by atoms with Crippen molar-refractivity contribution in [3.63, 3.8) is 0 Å². The van der Waals surface area contributed by atoms with E-state index >= 15 is 0 Å². The van der Waals surface area contributed by atoms with Gasteiger partial charge in [-0.3, -0.25) is 0 Å². The number of rotatable bonds is 2. The Morgan fingerprint density at radius 2 is 0.867 bits per heavy atom. The van der Waals surface area contributed by atoms with E-state index < -0.39 is 20.2 Å². The zero-order valence-corrected chi connectivity index (χ0v) is 12.2. The molecule has 0 aromatic rings. The Labute approximate surface area is 119 Å². The summed E-state index contributed by atoms with van der Waals surface area (Å²) in [5, 5.41) is 0. The van der Waals surface area contributed by atoms with Crippen LogP contribution in [0.2, 0.25) is 0 Å². The van der Waals surface area contributed by atoms with Gasteiger partial charge in [-0.15, -0.1) is 0 Å². The van der Waals surface area contributed by atoms with Crippen molar-refractivity contribution < 1.29 is 36.9 Å². The molecule has 8 nitrogen and oxygen atoms in total. The Morgan fingerprint density at radius 3 is 0.867 bits per heavy atom. The van der Waals surface area contributed by atoms with E-state index in [1.807, 2.05) is 0 Å². The standard InChI is InChI=1S/2C2H6O3S.Ca.2H2O/c2*1-2-6(3,4)5;;;/h2*2H2,1H3,(H,3,4,5);;2*1H2/q;;+2;;/p-2. The summed E-state index contributed by atoms with van der Waals surface area (Å²) in [6.07, 6.45) is 0. The van der Waals surface area contributed by atoms with Crippen LogP contribution >= 0.6 is 0 Å². The van der Waals surface area contributed by atoms with Gasteiger partial charge in [0.25, 0.3) is 0 Å². The zero-order chi connectivity index (χ0) is 10.4. The Bertz CT molecular complexity index is 261. The van der Waals surface area contributed by atoms with E-state index in [2.05, 4.69) is 0 Å². The summed E-state index contributed by atoms with van der Waals surface area (Å²) in [4.78, 5) is 0. The molecule has 0 spiro atoms. The molecule has 0 amide bonds. The van der Waals surface area contributed by atoms with Crippen LogP contribution in [0.25, 0.3) is 0 Å². The summed E-state index contributed by atoms with van der Waals surface area (Å²) in [5.74, 6) is -0.625. The van der Waals surface area contributed by atoms with Crippen molar-refractivity contribution in [1.29, 1.82) is 0 Å². The monoisotopic (exact) mass is 294 g/mol. The van der Waals surface area contributed by atoms with E-state index in [-0.39, 0.29) is 60.2 Å². The predicted octanol–water partition coefficient (Wildman–Crippen LogP) is -2.93. The van der Waals surface area contributed by atoms with E-state index in [9.17, 15) is 25.9 Å². The quantitative estimate of drug-likeness (QED) is 0.388. The largest absolute Gasteiger partial charge is 2.00 e. The van der Waals surface area contributed by atoms with Gasteiger partial charge in [0.1, 0.15) is 0 Å². The first-order chi connectivity index (χ1) is 5.12. The maximum atomic E-state index is 9.44. The van der Waals surface area contributed by atoms with Crippen LogP contribution in [0.3, 0.4) is 0 Å². The van der Waals surface area contributed by atoms with E-state index in [0.717, 1.165) is 0 Å². The summed E-state index contributed by atoms with van der Waals surface area (Å²) in [5.41, 5.74) is 0. The summed E-state index contributed by atoms with van der Waals surface area (Å²) < 4.78 is 56.7. The maximum absolute atomic E-state index is 9.44. The summed E-state index contributed by atoms with van der Waals surface area (Å²) in [7, 11) is -7.82. The SMILES string of the molecule is CCS(=O)(=O)[O-].CCS(=O)(=O)[O-].O.O.[Ca+2]. The molecule has 0 fully saturated rings. The molecule has 0 heterocycles. The summed E-state index contributed by atoms with van der Waals surface area (Å²) in [6.45, 7) is 2.62. The van der Waals surface area contributed by atoms with Gasteiger partial charge in [0.15, 0.2) is 0 Å². The van der Waals surface area contributed by atoms with Crippen molar-refractivity contribution in [2.24, 2.45) is 0 Å². The van der Waals surface area contributed by atoms with Gasteiger partial charge in [-0.05, 0) is 0 Å². The van der Waals surface area contributed by atoms with Gasteiger partial charge in [-0.1, -0.05) is 13.8 Å². The van der Waals surface area contributed by atoms with Crippen LogP contribution in [0.15, 0.2) is 0 Å². The van der Waals surface area contributed by atoms with Crippen LogP contribution in [0, 0.1) is 0 Å². The number of hydrogen-bond acceptors (Lipinski definition) is 6. The van der Waals surface area contributed by atoms with Crippen molar-refractivity contribution in [3.05, 3.63) is 0 Å². The van der Waals surface area contributed by atoms with Gasteiger partial charge in [0.2, 0.25) is 0 Å². The van der Waals surface area contributed by atoms with E-state index in [4.69, 9.17) is 0 Å². The van der Waals surface area contributed by atoms with Crippen LogP contribution in [0.1, 0.15) is 13.8 Å². The third kappa shape index (κ3) is 51.7. The predicted molar refractivity (Wildman–Crippen MR) is 53.5 cm³/mol. The fraction of sp³-hybridized carbons (Fsp3) is 1.00. The second kappa shape index (κ2) is 13.1. The third-order valence-electron chi connectivity index (χ3n) is 0.707. The molecule has 0 radical (unpaired) electrons. The van der Waals surface area contributed by atoms with Gasteiger partial charge in [0, 0.05) is 11.5 Å². The topological polar surface area (TPSA) is 177 Å². The molecular formula is C4H14CaO8S2. The van der Waals surface area contributed by atoms with Gasteiger partial charge >= 0.3 is 37.7 Å². The maximum Gasteiger partial charge on any atom is 2.00 e. The fourth-order valence-electron chi connectivity index (χ4n) is 0. The second-order valence-electron chi connectivity index (χ2n) is 1.69. The van der Waals surface area contributed by atoms with Gasteiger partial charge < -0.3 is 20.1 Å². The van der Waals surface area contributed by atoms with Crippen LogP contribution in [-0.2, 0) is 20.2 Å². The average molecular weight is 294 g/mol. The molecule has 0 atom stereocenters. The minimum Gasteiger partial charge on any atom is -0.748 e. The van der Waals surface area contributed by atoms with Crippen LogP contribution in [-0.4, -0.2) is 86.1 Å². The molecule has 11 heteroatoms. The Balaban J connectivity index is -0.0000000370. The smallest absolute Gasteiger partial charge is 0.748 e. The van der Waals surface area contributed by atoms with E-state index in [1.54, 1.807) is 0 Å². The van der Waals surface area contributed by atoms with Crippen molar-refractivity contribution in [2.75, 3.05) is 11.5 Å². The molecule has 0 aromatic heterocycles. The Morgan fingerprint density at radius 1 is 0.800 bits per heavy atom. The van der Waals surface area contributed by atoms with Crippen molar-refractivity contribution in [3.8, 4) is 0 Å². The molecule has 15 heavy (non-hydrogen) atoms.